The van der Waals surface area contributed by atoms with E-state index in [0.717, 1.165) is 6.42 Å². The first-order valence-electron chi connectivity index (χ1n) is 7.72. The largest absolute Gasteiger partial charge is 0.378 e. The molecule has 1 atom stereocenters. The van der Waals surface area contributed by atoms with Gasteiger partial charge in [-0.05, 0) is 40.5 Å². The summed E-state index contributed by atoms with van der Waals surface area (Å²) in [6, 6.07) is -0.368. The molecule has 0 radical (unpaired) electrons. The number of ether oxygens (including phenoxy) is 2. The molecule has 6 nitrogen and oxygen atoms in total. The van der Waals surface area contributed by atoms with E-state index >= 15 is 0 Å². The highest BCUT2D eigenvalue weighted by Crippen LogP contribution is 2.18. The number of nitrogens with one attached hydrogen (secondary N) is 1. The first-order valence-corrected chi connectivity index (χ1v) is 7.72. The van der Waals surface area contributed by atoms with Crippen molar-refractivity contribution >= 4 is 11.8 Å². The van der Waals surface area contributed by atoms with E-state index in [2.05, 4.69) is 5.32 Å². The fourth-order valence-corrected chi connectivity index (χ4v) is 2.26. The fraction of sp³-hybridized carbons (Fsp3) is 0.867. The van der Waals surface area contributed by atoms with Gasteiger partial charge in [0.15, 0.2) is 0 Å². The summed E-state index contributed by atoms with van der Waals surface area (Å²) in [4.78, 5) is 25.9. The lowest BCUT2D eigenvalue weighted by molar-refractivity contribution is -0.140. The molecular weight excluding hydrogens is 272 g/mol. The maximum Gasteiger partial charge on any atom is 0.244 e. The third kappa shape index (κ3) is 6.44. The van der Waals surface area contributed by atoms with E-state index in [-0.39, 0.29) is 36.8 Å². The highest BCUT2D eigenvalue weighted by Gasteiger charge is 2.33. The third-order valence-corrected chi connectivity index (χ3v) is 3.31. The van der Waals surface area contributed by atoms with Gasteiger partial charge in [0.05, 0.1) is 25.2 Å². The minimum absolute atomic E-state index is 0.0157. The van der Waals surface area contributed by atoms with Crippen molar-refractivity contribution in [1.82, 2.24) is 10.2 Å². The average molecular weight is 300 g/mol. The zero-order chi connectivity index (χ0) is 15.8. The summed E-state index contributed by atoms with van der Waals surface area (Å²) in [5.41, 5.74) is 0. The number of likely N-dealkylation sites (tertiary alicyclic amines) is 1. The van der Waals surface area contributed by atoms with Crippen molar-refractivity contribution in [2.45, 2.75) is 65.2 Å². The SMILES string of the molecule is CC(C)OCCC(=O)N1CCCC1C(=O)NCOC(C)C. The van der Waals surface area contributed by atoms with Crippen LogP contribution in [0, 0.1) is 0 Å². The van der Waals surface area contributed by atoms with Crippen LogP contribution in [0.4, 0.5) is 0 Å². The summed E-state index contributed by atoms with van der Waals surface area (Å²) >= 11 is 0. The molecule has 0 bridgehead atoms. The average Bonchev–Trinajstić information content (AvgIpc) is 2.86. The lowest BCUT2D eigenvalue weighted by Crippen LogP contribution is -2.46. The predicted octanol–water partition coefficient (Wildman–Crippen LogP) is 1.29. The smallest absolute Gasteiger partial charge is 0.244 e. The van der Waals surface area contributed by atoms with Crippen LogP contribution in [0.1, 0.15) is 47.0 Å². The Bertz CT molecular complexity index is 313. The summed E-state index contributed by atoms with van der Waals surface area (Å²) in [5, 5.41) is 2.73. The monoisotopic (exact) mass is 300 g/mol. The van der Waals surface area contributed by atoms with Crippen LogP contribution in [0.2, 0.25) is 0 Å². The molecule has 0 aromatic carbocycles. The summed E-state index contributed by atoms with van der Waals surface area (Å²) in [6.45, 7) is 8.92. The van der Waals surface area contributed by atoms with E-state index in [1.807, 2.05) is 27.7 Å². The van der Waals surface area contributed by atoms with Gasteiger partial charge in [0, 0.05) is 6.54 Å². The van der Waals surface area contributed by atoms with Gasteiger partial charge in [-0.1, -0.05) is 0 Å². The van der Waals surface area contributed by atoms with Crippen LogP contribution in [-0.4, -0.2) is 54.8 Å². The first-order chi connectivity index (χ1) is 9.91. The Morgan fingerprint density at radius 3 is 2.48 bits per heavy atom. The maximum absolute atomic E-state index is 12.2. The number of hydrogen-bond acceptors (Lipinski definition) is 4. The van der Waals surface area contributed by atoms with Gasteiger partial charge in [-0.2, -0.15) is 0 Å². The van der Waals surface area contributed by atoms with Crippen LogP contribution >= 0.6 is 0 Å². The summed E-state index contributed by atoms with van der Waals surface area (Å²) in [7, 11) is 0. The molecule has 0 aromatic rings. The van der Waals surface area contributed by atoms with Gasteiger partial charge in [-0.15, -0.1) is 0 Å². The van der Waals surface area contributed by atoms with Crippen LogP contribution in [0.5, 0.6) is 0 Å². The second-order valence-corrected chi connectivity index (χ2v) is 5.82. The van der Waals surface area contributed by atoms with Crippen molar-refractivity contribution < 1.29 is 19.1 Å². The molecular formula is C15H28N2O4. The van der Waals surface area contributed by atoms with E-state index in [1.165, 1.54) is 0 Å². The third-order valence-electron chi connectivity index (χ3n) is 3.31. The second-order valence-electron chi connectivity index (χ2n) is 5.82. The Hall–Kier alpha value is -1.14. The zero-order valence-electron chi connectivity index (χ0n) is 13.6. The van der Waals surface area contributed by atoms with E-state index in [9.17, 15) is 9.59 Å². The van der Waals surface area contributed by atoms with Crippen molar-refractivity contribution in [1.29, 1.82) is 0 Å². The molecule has 1 aliphatic rings. The van der Waals surface area contributed by atoms with Crippen LogP contribution < -0.4 is 5.32 Å². The number of carbonyl (C=O) groups excluding carboxylic acids is 2. The van der Waals surface area contributed by atoms with Crippen LogP contribution in [-0.2, 0) is 19.1 Å². The van der Waals surface area contributed by atoms with Gasteiger partial charge in [-0.3, -0.25) is 9.59 Å². The van der Waals surface area contributed by atoms with E-state index in [1.54, 1.807) is 4.90 Å². The Kier molecular flexibility index (Phi) is 7.67. The molecule has 6 heteroatoms. The maximum atomic E-state index is 12.2. The molecule has 1 unspecified atom stereocenters. The van der Waals surface area contributed by atoms with E-state index in [4.69, 9.17) is 9.47 Å². The van der Waals surface area contributed by atoms with Crippen molar-refractivity contribution in [3.05, 3.63) is 0 Å². The lowest BCUT2D eigenvalue weighted by Gasteiger charge is -2.24. The van der Waals surface area contributed by atoms with Crippen molar-refractivity contribution in [2.24, 2.45) is 0 Å². The molecule has 122 valence electrons. The Morgan fingerprint density at radius 1 is 1.19 bits per heavy atom. The Labute approximate surface area is 127 Å². The molecule has 21 heavy (non-hydrogen) atoms. The molecule has 1 rings (SSSR count). The Balaban J connectivity index is 2.39. The minimum Gasteiger partial charge on any atom is -0.378 e. The van der Waals surface area contributed by atoms with Gasteiger partial charge < -0.3 is 19.7 Å². The highest BCUT2D eigenvalue weighted by molar-refractivity contribution is 5.88. The lowest BCUT2D eigenvalue weighted by atomic mass is 10.2. The number of carbonyl (C=O) groups is 2. The molecule has 1 fully saturated rings. The normalized spacial score (nSPS) is 18.6. The van der Waals surface area contributed by atoms with Gasteiger partial charge in [0.1, 0.15) is 12.8 Å². The number of hydrogen-bond donors (Lipinski definition) is 1. The molecule has 0 aromatic heterocycles. The molecule has 1 aliphatic heterocycles. The minimum atomic E-state index is -0.368. The Morgan fingerprint density at radius 2 is 1.86 bits per heavy atom. The molecule has 1 heterocycles. The topological polar surface area (TPSA) is 67.9 Å². The van der Waals surface area contributed by atoms with Crippen molar-refractivity contribution in [3.63, 3.8) is 0 Å². The molecule has 2 amide bonds. The first kappa shape index (κ1) is 17.9. The van der Waals surface area contributed by atoms with Gasteiger partial charge in [-0.25, -0.2) is 0 Å². The molecule has 0 saturated carbocycles. The quantitative estimate of drug-likeness (QED) is 0.686. The summed E-state index contributed by atoms with van der Waals surface area (Å²) < 4.78 is 10.7. The number of amides is 2. The van der Waals surface area contributed by atoms with Crippen LogP contribution in [0.15, 0.2) is 0 Å². The standard InChI is InChI=1S/C15H28N2O4/c1-11(2)20-9-7-14(18)17-8-5-6-13(17)15(19)16-10-21-12(3)4/h11-13H,5-10H2,1-4H3,(H,16,19). The van der Waals surface area contributed by atoms with Gasteiger partial charge >= 0.3 is 0 Å². The summed E-state index contributed by atoms with van der Waals surface area (Å²) in [5.74, 6) is -0.149. The fourth-order valence-electron chi connectivity index (χ4n) is 2.26. The molecule has 1 saturated heterocycles. The number of rotatable bonds is 8. The van der Waals surface area contributed by atoms with Gasteiger partial charge in [0.25, 0.3) is 0 Å². The van der Waals surface area contributed by atoms with Gasteiger partial charge in [0.2, 0.25) is 11.8 Å². The highest BCUT2D eigenvalue weighted by atomic mass is 16.5. The second kappa shape index (κ2) is 9.00. The van der Waals surface area contributed by atoms with E-state index < -0.39 is 0 Å². The van der Waals surface area contributed by atoms with Crippen molar-refractivity contribution in [3.8, 4) is 0 Å². The summed E-state index contributed by atoms with van der Waals surface area (Å²) in [6.07, 6.45) is 2.08. The molecule has 0 spiro atoms. The van der Waals surface area contributed by atoms with E-state index in [0.29, 0.717) is 26.0 Å². The van der Waals surface area contributed by atoms with Crippen LogP contribution in [0.25, 0.3) is 0 Å². The predicted molar refractivity (Wildman–Crippen MR) is 79.7 cm³/mol. The van der Waals surface area contributed by atoms with Crippen LogP contribution in [0.3, 0.4) is 0 Å². The zero-order valence-corrected chi connectivity index (χ0v) is 13.6. The molecule has 0 aliphatic carbocycles. The molecule has 1 N–H and O–H groups in total. The van der Waals surface area contributed by atoms with Crippen molar-refractivity contribution in [2.75, 3.05) is 19.9 Å². The number of nitrogens with zero attached hydrogens (tertiary/aromatic N) is 1.